The van der Waals surface area contributed by atoms with E-state index < -0.39 is 0 Å². The number of ether oxygens (including phenoxy) is 2. The second-order valence-electron chi connectivity index (χ2n) is 4.29. The Morgan fingerprint density at radius 2 is 1.52 bits per heavy atom. The van der Waals surface area contributed by atoms with Gasteiger partial charge in [0.25, 0.3) is 0 Å². The highest BCUT2D eigenvalue weighted by atomic mass is 127. The van der Waals surface area contributed by atoms with E-state index in [9.17, 15) is 0 Å². The van der Waals surface area contributed by atoms with Gasteiger partial charge in [-0.25, -0.2) is 0 Å². The van der Waals surface area contributed by atoms with E-state index in [0.29, 0.717) is 18.9 Å². The van der Waals surface area contributed by atoms with Crippen LogP contribution in [0, 0.1) is 10.7 Å². The molecule has 0 spiro atoms. The van der Waals surface area contributed by atoms with Crippen LogP contribution in [0.4, 0.5) is 5.69 Å². The van der Waals surface area contributed by atoms with Crippen LogP contribution in [0.3, 0.4) is 0 Å². The molecular formula is C15H14I3NO2. The maximum atomic E-state index is 5.86. The number of hydrogen-bond donors (Lipinski definition) is 1. The fourth-order valence-corrected chi connectivity index (χ4v) is 5.59. The minimum Gasteiger partial charge on any atom is -0.491 e. The molecule has 0 aliphatic rings. The van der Waals surface area contributed by atoms with E-state index in [-0.39, 0.29) is 0 Å². The number of nitrogen functional groups attached to an aromatic ring is 1. The lowest BCUT2D eigenvalue weighted by Crippen LogP contribution is -2.07. The first-order chi connectivity index (χ1) is 10.1. The Kier molecular flexibility index (Phi) is 7.13. The lowest BCUT2D eigenvalue weighted by atomic mass is 10.3. The van der Waals surface area contributed by atoms with E-state index in [0.717, 1.165) is 25.1 Å². The van der Waals surface area contributed by atoms with E-state index in [1.165, 1.54) is 3.57 Å². The molecule has 0 radical (unpaired) electrons. The van der Waals surface area contributed by atoms with E-state index in [4.69, 9.17) is 15.2 Å². The van der Waals surface area contributed by atoms with Crippen molar-refractivity contribution in [1.29, 1.82) is 0 Å². The molecule has 0 fully saturated rings. The lowest BCUT2D eigenvalue weighted by molar-refractivity contribution is 0.246. The average molecular weight is 621 g/mol. The summed E-state index contributed by atoms with van der Waals surface area (Å²) in [5.74, 6) is 1.69. The van der Waals surface area contributed by atoms with Gasteiger partial charge in [-0.3, -0.25) is 0 Å². The van der Waals surface area contributed by atoms with Gasteiger partial charge in [0.15, 0.2) is 0 Å². The average Bonchev–Trinajstić information content (AvgIpc) is 2.42. The van der Waals surface area contributed by atoms with E-state index in [2.05, 4.69) is 79.9 Å². The Hall–Kier alpha value is 0.0300. The molecule has 112 valence electrons. The van der Waals surface area contributed by atoms with Gasteiger partial charge in [-0.2, -0.15) is 0 Å². The number of benzene rings is 2. The highest BCUT2D eigenvalue weighted by molar-refractivity contribution is 14.1. The van der Waals surface area contributed by atoms with Gasteiger partial charge in [-0.1, -0.05) is 12.1 Å². The summed E-state index contributed by atoms with van der Waals surface area (Å²) < 4.78 is 15.0. The molecule has 0 bridgehead atoms. The van der Waals surface area contributed by atoms with Gasteiger partial charge in [0, 0.05) is 9.99 Å². The largest absolute Gasteiger partial charge is 0.491 e. The SMILES string of the molecule is Nc1ccccc1OCCCOc1c(I)cc(I)cc1I. The monoisotopic (exact) mass is 621 g/mol. The number of hydrogen-bond acceptors (Lipinski definition) is 3. The zero-order valence-corrected chi connectivity index (χ0v) is 17.6. The third kappa shape index (κ3) is 5.31. The second kappa shape index (κ2) is 8.61. The molecule has 6 heteroatoms. The van der Waals surface area contributed by atoms with Crippen molar-refractivity contribution in [3.8, 4) is 11.5 Å². The highest BCUT2D eigenvalue weighted by Gasteiger charge is 2.08. The standard InChI is InChI=1S/C15H14I3NO2/c16-10-8-11(17)15(12(18)9-10)21-7-3-6-20-14-5-2-1-4-13(14)19/h1-2,4-5,8-9H,3,6-7,19H2. The second-order valence-corrected chi connectivity index (χ2v) is 7.86. The number of nitrogens with two attached hydrogens (primary N) is 1. The van der Waals surface area contributed by atoms with Crippen molar-refractivity contribution in [1.82, 2.24) is 0 Å². The number of rotatable bonds is 6. The third-order valence-electron chi connectivity index (χ3n) is 2.67. The van der Waals surface area contributed by atoms with Gasteiger partial charge in [-0.05, 0) is 92.0 Å². The summed E-state index contributed by atoms with van der Waals surface area (Å²) in [7, 11) is 0. The van der Waals surface area contributed by atoms with E-state index >= 15 is 0 Å². The van der Waals surface area contributed by atoms with Crippen LogP contribution in [0.5, 0.6) is 11.5 Å². The van der Waals surface area contributed by atoms with Gasteiger partial charge in [-0.15, -0.1) is 0 Å². The van der Waals surface area contributed by atoms with Crippen molar-refractivity contribution in [2.75, 3.05) is 18.9 Å². The lowest BCUT2D eigenvalue weighted by Gasteiger charge is -2.12. The molecule has 2 aromatic rings. The first-order valence-corrected chi connectivity index (χ1v) is 9.56. The molecule has 0 unspecified atom stereocenters. The fraction of sp³-hybridized carbons (Fsp3) is 0.200. The molecule has 0 aromatic heterocycles. The number of halogens is 3. The molecule has 0 saturated carbocycles. The summed E-state index contributed by atoms with van der Waals surface area (Å²) >= 11 is 6.92. The third-order valence-corrected chi connectivity index (χ3v) is 4.90. The van der Waals surface area contributed by atoms with Gasteiger partial charge >= 0.3 is 0 Å². The molecule has 21 heavy (non-hydrogen) atoms. The van der Waals surface area contributed by atoms with Crippen molar-refractivity contribution in [3.63, 3.8) is 0 Å². The maximum Gasteiger partial charge on any atom is 0.145 e. The van der Waals surface area contributed by atoms with Crippen LogP contribution in [-0.2, 0) is 0 Å². The molecule has 2 N–H and O–H groups in total. The first kappa shape index (κ1) is 17.4. The zero-order valence-electron chi connectivity index (χ0n) is 11.1. The minimum atomic E-state index is 0.589. The van der Waals surface area contributed by atoms with Crippen LogP contribution in [0.1, 0.15) is 6.42 Å². The summed E-state index contributed by atoms with van der Waals surface area (Å²) in [4.78, 5) is 0. The Labute approximate surface area is 165 Å². The predicted molar refractivity (Wildman–Crippen MR) is 111 cm³/mol. The molecule has 3 nitrogen and oxygen atoms in total. The molecule has 0 aliphatic carbocycles. The van der Waals surface area contributed by atoms with Crippen LogP contribution >= 0.6 is 67.8 Å². The molecule has 2 aromatic carbocycles. The van der Waals surface area contributed by atoms with Crippen LogP contribution in [0.25, 0.3) is 0 Å². The summed E-state index contributed by atoms with van der Waals surface area (Å²) in [5, 5.41) is 0. The Bertz CT molecular complexity index is 597. The molecule has 2 rings (SSSR count). The van der Waals surface area contributed by atoms with Crippen molar-refractivity contribution >= 4 is 73.5 Å². The Morgan fingerprint density at radius 3 is 2.19 bits per heavy atom. The summed E-state index contributed by atoms with van der Waals surface area (Å²) in [6.07, 6.45) is 0.812. The molecule has 0 heterocycles. The number of anilines is 1. The molecular weight excluding hydrogens is 607 g/mol. The van der Waals surface area contributed by atoms with Crippen LogP contribution in [0.15, 0.2) is 36.4 Å². The van der Waals surface area contributed by atoms with Crippen molar-refractivity contribution in [2.45, 2.75) is 6.42 Å². The van der Waals surface area contributed by atoms with Gasteiger partial charge in [0.2, 0.25) is 0 Å². The minimum absolute atomic E-state index is 0.589. The zero-order chi connectivity index (χ0) is 15.2. The molecule has 0 atom stereocenters. The fourth-order valence-electron chi connectivity index (χ4n) is 1.69. The maximum absolute atomic E-state index is 5.86. The quantitative estimate of drug-likeness (QED) is 0.283. The van der Waals surface area contributed by atoms with Gasteiger partial charge in [0.05, 0.1) is 26.0 Å². The summed E-state index contributed by atoms with van der Waals surface area (Å²) in [6, 6.07) is 11.7. The molecule has 0 saturated heterocycles. The first-order valence-electron chi connectivity index (χ1n) is 6.32. The number of para-hydroxylation sites is 2. The summed E-state index contributed by atoms with van der Waals surface area (Å²) in [5.41, 5.74) is 6.49. The van der Waals surface area contributed by atoms with Crippen LogP contribution in [0.2, 0.25) is 0 Å². The Morgan fingerprint density at radius 1 is 0.905 bits per heavy atom. The van der Waals surface area contributed by atoms with Crippen molar-refractivity contribution in [3.05, 3.63) is 47.1 Å². The van der Waals surface area contributed by atoms with E-state index in [1.54, 1.807) is 0 Å². The molecule has 0 amide bonds. The van der Waals surface area contributed by atoms with Crippen molar-refractivity contribution in [2.24, 2.45) is 0 Å². The highest BCUT2D eigenvalue weighted by Crippen LogP contribution is 2.29. The normalized spacial score (nSPS) is 10.4. The van der Waals surface area contributed by atoms with E-state index in [1.807, 2.05) is 24.3 Å². The predicted octanol–water partition coefficient (Wildman–Crippen LogP) is 4.93. The Balaban J connectivity index is 1.79. The summed E-state index contributed by atoms with van der Waals surface area (Å²) in [6.45, 7) is 1.21. The van der Waals surface area contributed by atoms with Crippen LogP contribution in [-0.4, -0.2) is 13.2 Å². The van der Waals surface area contributed by atoms with Gasteiger partial charge < -0.3 is 15.2 Å². The van der Waals surface area contributed by atoms with Gasteiger partial charge in [0.1, 0.15) is 11.5 Å². The molecule has 0 aliphatic heterocycles. The topological polar surface area (TPSA) is 44.5 Å². The van der Waals surface area contributed by atoms with Crippen LogP contribution < -0.4 is 15.2 Å². The smallest absolute Gasteiger partial charge is 0.145 e. The van der Waals surface area contributed by atoms with Crippen molar-refractivity contribution < 1.29 is 9.47 Å².